The molecule has 0 saturated carbocycles. The first-order valence-electron chi connectivity index (χ1n) is 20.5. The standard InChI is InChI=1S/C49H70O9S2/c1-33-25-27-37(28-26-33)60(50,51)58-59(36-23-21-20-22-24-36,42-38(54-46(8,9)10)29-34(52-44(2,3)4)30-39(42)55-47(11,12)13)43-40(56-48(14,15)16)31-35(53-45(5,6)7)32-41(43)57-49(17,18)19/h20-32H,1-19H3. The molecule has 0 unspecified atom stereocenters. The van der Waals surface area contributed by atoms with Crippen LogP contribution in [0.3, 0.4) is 0 Å². The average molecular weight is 867 g/mol. The highest BCUT2D eigenvalue weighted by Gasteiger charge is 2.49. The van der Waals surface area contributed by atoms with Gasteiger partial charge in [0.05, 0.1) is 4.90 Å². The Morgan fingerprint density at radius 1 is 0.383 bits per heavy atom. The van der Waals surface area contributed by atoms with E-state index in [1.54, 1.807) is 48.5 Å². The summed E-state index contributed by atoms with van der Waals surface area (Å²) in [6.45, 7) is 36.8. The van der Waals surface area contributed by atoms with Crippen LogP contribution < -0.4 is 28.4 Å². The van der Waals surface area contributed by atoms with Crippen molar-refractivity contribution in [2.24, 2.45) is 0 Å². The predicted molar refractivity (Wildman–Crippen MR) is 243 cm³/mol. The van der Waals surface area contributed by atoms with E-state index in [2.05, 4.69) is 0 Å². The summed E-state index contributed by atoms with van der Waals surface area (Å²) in [6, 6.07) is 23.1. The minimum atomic E-state index is -4.65. The zero-order valence-electron chi connectivity index (χ0n) is 39.5. The van der Waals surface area contributed by atoms with Crippen LogP contribution in [0.2, 0.25) is 0 Å². The summed E-state index contributed by atoms with van der Waals surface area (Å²) in [4.78, 5) is 1.13. The van der Waals surface area contributed by atoms with E-state index >= 15 is 8.42 Å². The van der Waals surface area contributed by atoms with Gasteiger partial charge in [-0.15, -0.1) is 0 Å². The van der Waals surface area contributed by atoms with Crippen molar-refractivity contribution in [1.29, 1.82) is 0 Å². The van der Waals surface area contributed by atoms with Gasteiger partial charge in [-0.2, -0.15) is 8.42 Å². The van der Waals surface area contributed by atoms with Gasteiger partial charge in [0.2, 0.25) is 0 Å². The van der Waals surface area contributed by atoms with E-state index in [1.807, 2.05) is 162 Å². The summed E-state index contributed by atoms with van der Waals surface area (Å²) in [7, 11) is -8.33. The van der Waals surface area contributed by atoms with Gasteiger partial charge in [-0.05, 0) is 166 Å². The smallest absolute Gasteiger partial charge is 0.307 e. The molecule has 0 bridgehead atoms. The van der Waals surface area contributed by atoms with E-state index in [0.717, 1.165) is 5.56 Å². The van der Waals surface area contributed by atoms with E-state index in [4.69, 9.17) is 32.1 Å². The van der Waals surface area contributed by atoms with Gasteiger partial charge in [0.15, 0.2) is 0 Å². The predicted octanol–water partition coefficient (Wildman–Crippen LogP) is 13.7. The fraction of sp³-hybridized carbons (Fsp3) is 0.510. The minimum absolute atomic E-state index is 0.0329. The first-order valence-corrected chi connectivity index (χ1v) is 23.4. The van der Waals surface area contributed by atoms with Gasteiger partial charge < -0.3 is 28.4 Å². The summed E-state index contributed by atoms with van der Waals surface area (Å²) >= 11 is 0. The first-order chi connectivity index (χ1) is 27.1. The number of rotatable bonds is 12. The van der Waals surface area contributed by atoms with Crippen molar-refractivity contribution in [3.8, 4) is 34.5 Å². The van der Waals surface area contributed by atoms with Crippen molar-refractivity contribution in [3.63, 3.8) is 0 Å². The second-order valence-corrected chi connectivity index (χ2v) is 25.3. The maximum absolute atomic E-state index is 15.4. The highest BCUT2D eigenvalue weighted by atomic mass is 32.3. The summed E-state index contributed by atoms with van der Waals surface area (Å²) in [5.74, 6) is 2.08. The first kappa shape index (κ1) is 48.6. The number of benzene rings is 4. The second-order valence-electron chi connectivity index (χ2n) is 21.0. The lowest BCUT2D eigenvalue weighted by atomic mass is 10.1. The van der Waals surface area contributed by atoms with E-state index in [0.29, 0.717) is 49.2 Å². The monoisotopic (exact) mass is 866 g/mol. The van der Waals surface area contributed by atoms with Crippen molar-refractivity contribution < 1.29 is 40.5 Å². The van der Waals surface area contributed by atoms with Crippen LogP contribution >= 0.6 is 10.3 Å². The van der Waals surface area contributed by atoms with Gasteiger partial charge in [-0.3, -0.25) is 0 Å². The molecule has 4 aromatic carbocycles. The highest BCUT2D eigenvalue weighted by molar-refractivity contribution is 8.33. The number of hydrogen-bond donors (Lipinski definition) is 0. The van der Waals surface area contributed by atoms with Crippen molar-refractivity contribution in [2.75, 3.05) is 0 Å². The van der Waals surface area contributed by atoms with Crippen LogP contribution in [0, 0.1) is 6.92 Å². The van der Waals surface area contributed by atoms with Crippen LogP contribution in [-0.2, 0) is 13.7 Å². The second kappa shape index (κ2) is 17.0. The number of ether oxygens (including phenoxy) is 6. The Balaban J connectivity index is 2.50. The van der Waals surface area contributed by atoms with Gasteiger partial charge >= 0.3 is 10.1 Å². The molecule has 0 aliphatic heterocycles. The zero-order valence-corrected chi connectivity index (χ0v) is 41.1. The maximum atomic E-state index is 15.4. The topological polar surface area (TPSA) is 98.8 Å². The molecule has 0 saturated heterocycles. The van der Waals surface area contributed by atoms with Crippen LogP contribution in [0.4, 0.5) is 0 Å². The summed E-state index contributed by atoms with van der Waals surface area (Å²) in [5, 5.41) is 0. The molecular formula is C49H70O9S2. The van der Waals surface area contributed by atoms with Crippen molar-refractivity contribution in [1.82, 2.24) is 0 Å². The molecular weight excluding hydrogens is 797 g/mol. The summed E-state index contributed by atoms with van der Waals surface area (Å²) in [5.41, 5.74) is -3.53. The molecule has 0 atom stereocenters. The average Bonchev–Trinajstić information content (AvgIpc) is 3.00. The fourth-order valence-electron chi connectivity index (χ4n) is 6.06. The molecule has 4 aromatic rings. The van der Waals surface area contributed by atoms with Gasteiger partial charge in [0.25, 0.3) is 0 Å². The van der Waals surface area contributed by atoms with Crippen LogP contribution in [0.5, 0.6) is 34.5 Å². The largest absolute Gasteiger partial charge is 0.488 e. The molecule has 332 valence electrons. The normalized spacial score (nSPS) is 13.7. The van der Waals surface area contributed by atoms with Crippen molar-refractivity contribution >= 4 is 20.4 Å². The Morgan fingerprint density at radius 2 is 0.683 bits per heavy atom. The third kappa shape index (κ3) is 13.5. The highest BCUT2D eigenvalue weighted by Crippen LogP contribution is 2.78. The third-order valence-corrected chi connectivity index (χ3v) is 12.9. The fourth-order valence-corrected chi connectivity index (χ4v) is 11.5. The molecule has 11 heteroatoms. The van der Waals surface area contributed by atoms with E-state index in [9.17, 15) is 0 Å². The van der Waals surface area contributed by atoms with Crippen molar-refractivity contribution in [2.45, 2.75) is 185 Å². The molecule has 0 heterocycles. The Kier molecular flexibility index (Phi) is 13.8. The summed E-state index contributed by atoms with van der Waals surface area (Å²) in [6.07, 6.45) is 0. The van der Waals surface area contributed by atoms with Crippen LogP contribution in [-0.4, -0.2) is 42.0 Å². The van der Waals surface area contributed by atoms with E-state index in [1.165, 1.54) is 0 Å². The van der Waals surface area contributed by atoms with Gasteiger partial charge in [0, 0.05) is 29.2 Å². The van der Waals surface area contributed by atoms with Gasteiger partial charge in [-0.25, -0.2) is 3.63 Å². The third-order valence-electron chi connectivity index (χ3n) is 7.65. The van der Waals surface area contributed by atoms with Crippen molar-refractivity contribution in [3.05, 3.63) is 84.4 Å². The Hall–Kier alpha value is -4.06. The molecule has 0 aliphatic rings. The lowest BCUT2D eigenvalue weighted by Gasteiger charge is -2.44. The van der Waals surface area contributed by atoms with Crippen LogP contribution in [0.25, 0.3) is 0 Å². The molecule has 4 rings (SSSR count). The molecule has 9 nitrogen and oxygen atoms in total. The Labute approximate surface area is 363 Å². The van der Waals surface area contributed by atoms with Crippen LogP contribution in [0.1, 0.15) is 130 Å². The molecule has 0 N–H and O–H groups in total. The van der Waals surface area contributed by atoms with Gasteiger partial charge in [0.1, 0.15) is 77.9 Å². The zero-order chi connectivity index (χ0) is 45.5. The minimum Gasteiger partial charge on any atom is -0.488 e. The van der Waals surface area contributed by atoms with E-state index < -0.39 is 54.0 Å². The maximum Gasteiger partial charge on any atom is 0.307 e. The molecule has 60 heavy (non-hydrogen) atoms. The lowest BCUT2D eigenvalue weighted by molar-refractivity contribution is 0.105. The number of hydrogen-bond acceptors (Lipinski definition) is 9. The molecule has 0 aliphatic carbocycles. The quantitative estimate of drug-likeness (QED) is 0.138. The SMILES string of the molecule is Cc1ccc(S(=O)(=O)OS(c2ccccc2)(c2c(OC(C)(C)C)cc(OC(C)(C)C)cc2OC(C)(C)C)c2c(OC(C)(C)C)cc(OC(C)(C)C)cc2OC(C)(C)C)cc1. The lowest BCUT2D eigenvalue weighted by Crippen LogP contribution is -2.29. The summed E-state index contributed by atoms with van der Waals surface area (Å²) < 4.78 is 78.9. The van der Waals surface area contributed by atoms with Gasteiger partial charge in [-0.1, -0.05) is 35.9 Å². The molecule has 0 spiro atoms. The molecule has 0 radical (unpaired) electrons. The number of aryl methyl sites for hydroxylation is 1. The Bertz CT molecular complexity index is 2030. The molecule has 0 fully saturated rings. The molecule has 0 aromatic heterocycles. The molecule has 0 amide bonds. The van der Waals surface area contributed by atoms with Crippen LogP contribution in [0.15, 0.2) is 98.4 Å². The Morgan fingerprint density at radius 3 is 0.967 bits per heavy atom. The van der Waals surface area contributed by atoms with E-state index in [-0.39, 0.29) is 4.90 Å².